The smallest absolute Gasteiger partial charge is 0.278 e. The SMILES string of the molecule is COc1ccc(C2=C(Nc3ccccc3)C(=O)N(CCCN3CCOCC3)C2=O)cc1. The Kier molecular flexibility index (Phi) is 6.64. The van der Waals surface area contributed by atoms with Crippen LogP contribution in [-0.2, 0) is 14.3 Å². The van der Waals surface area contributed by atoms with Crippen molar-refractivity contribution in [1.29, 1.82) is 0 Å². The van der Waals surface area contributed by atoms with Gasteiger partial charge in [0.05, 0.1) is 25.9 Å². The summed E-state index contributed by atoms with van der Waals surface area (Å²) in [6.45, 7) is 4.45. The number of methoxy groups -OCH3 is 1. The van der Waals surface area contributed by atoms with Gasteiger partial charge in [-0.1, -0.05) is 30.3 Å². The first-order valence-corrected chi connectivity index (χ1v) is 10.5. The van der Waals surface area contributed by atoms with Gasteiger partial charge >= 0.3 is 0 Å². The molecule has 2 aliphatic rings. The highest BCUT2D eigenvalue weighted by Gasteiger charge is 2.39. The number of nitrogens with one attached hydrogen (secondary N) is 1. The number of carbonyl (C=O) groups excluding carboxylic acids is 2. The van der Waals surface area contributed by atoms with Crippen molar-refractivity contribution in [2.45, 2.75) is 6.42 Å². The average Bonchev–Trinajstić information content (AvgIpc) is 3.04. The van der Waals surface area contributed by atoms with Crippen molar-refractivity contribution in [3.05, 3.63) is 65.9 Å². The Bertz CT molecular complexity index is 951. The summed E-state index contributed by atoms with van der Waals surface area (Å²) in [5.74, 6) is 0.137. The highest BCUT2D eigenvalue weighted by Crippen LogP contribution is 2.31. The largest absolute Gasteiger partial charge is 0.497 e. The summed E-state index contributed by atoms with van der Waals surface area (Å²) in [5.41, 5.74) is 2.16. The lowest BCUT2D eigenvalue weighted by atomic mass is 10.0. The van der Waals surface area contributed by atoms with Crippen LogP contribution in [0.2, 0.25) is 0 Å². The van der Waals surface area contributed by atoms with E-state index in [9.17, 15) is 9.59 Å². The zero-order valence-corrected chi connectivity index (χ0v) is 17.7. The maximum Gasteiger partial charge on any atom is 0.278 e. The second-order valence-electron chi connectivity index (χ2n) is 7.54. The molecule has 1 N–H and O–H groups in total. The minimum atomic E-state index is -0.290. The van der Waals surface area contributed by atoms with Crippen LogP contribution >= 0.6 is 0 Å². The maximum absolute atomic E-state index is 13.3. The number of ether oxygens (including phenoxy) is 2. The van der Waals surface area contributed by atoms with Crippen molar-refractivity contribution in [3.8, 4) is 5.75 Å². The van der Waals surface area contributed by atoms with Crippen LogP contribution in [0.4, 0.5) is 5.69 Å². The first kappa shape index (κ1) is 21.1. The maximum atomic E-state index is 13.3. The van der Waals surface area contributed by atoms with Gasteiger partial charge in [-0.3, -0.25) is 19.4 Å². The van der Waals surface area contributed by atoms with E-state index in [0.29, 0.717) is 29.1 Å². The number of imide groups is 1. The van der Waals surface area contributed by atoms with Gasteiger partial charge in [-0.25, -0.2) is 0 Å². The van der Waals surface area contributed by atoms with Gasteiger partial charge in [0.2, 0.25) is 0 Å². The molecule has 0 spiro atoms. The number of hydrogen-bond donors (Lipinski definition) is 1. The molecule has 0 saturated carbocycles. The van der Waals surface area contributed by atoms with Crippen LogP contribution < -0.4 is 10.1 Å². The van der Waals surface area contributed by atoms with Crippen molar-refractivity contribution in [2.24, 2.45) is 0 Å². The predicted molar refractivity (Wildman–Crippen MR) is 119 cm³/mol. The van der Waals surface area contributed by atoms with Crippen LogP contribution in [0.3, 0.4) is 0 Å². The van der Waals surface area contributed by atoms with E-state index in [2.05, 4.69) is 10.2 Å². The van der Waals surface area contributed by atoms with E-state index in [1.54, 1.807) is 19.2 Å². The predicted octanol–water partition coefficient (Wildman–Crippen LogP) is 2.61. The Morgan fingerprint density at radius 3 is 2.32 bits per heavy atom. The van der Waals surface area contributed by atoms with E-state index in [1.807, 2.05) is 42.5 Å². The quantitative estimate of drug-likeness (QED) is 0.661. The number of nitrogens with zero attached hydrogens (tertiary/aromatic N) is 2. The van der Waals surface area contributed by atoms with Crippen LogP contribution in [-0.4, -0.2) is 68.1 Å². The van der Waals surface area contributed by atoms with Crippen LogP contribution in [0.1, 0.15) is 12.0 Å². The fourth-order valence-electron chi connectivity index (χ4n) is 3.86. The van der Waals surface area contributed by atoms with Crippen LogP contribution in [0.25, 0.3) is 5.57 Å². The topological polar surface area (TPSA) is 71.1 Å². The molecule has 7 heteroatoms. The second-order valence-corrected chi connectivity index (χ2v) is 7.54. The highest BCUT2D eigenvalue weighted by molar-refractivity contribution is 6.36. The molecule has 2 aromatic carbocycles. The highest BCUT2D eigenvalue weighted by atomic mass is 16.5. The van der Waals surface area contributed by atoms with E-state index < -0.39 is 0 Å². The molecule has 4 rings (SSSR count). The van der Waals surface area contributed by atoms with Gasteiger partial charge in [-0.2, -0.15) is 0 Å². The number of amides is 2. The summed E-state index contributed by atoms with van der Waals surface area (Å²) in [6.07, 6.45) is 0.728. The van der Waals surface area contributed by atoms with Crippen molar-refractivity contribution in [1.82, 2.24) is 9.80 Å². The van der Waals surface area contributed by atoms with Gasteiger partial charge in [0.1, 0.15) is 11.4 Å². The molecular weight excluding hydrogens is 394 g/mol. The van der Waals surface area contributed by atoms with Crippen molar-refractivity contribution in [2.75, 3.05) is 51.8 Å². The zero-order chi connectivity index (χ0) is 21.6. The molecule has 0 atom stereocenters. The number of morpholine rings is 1. The number of rotatable bonds is 8. The number of benzene rings is 2. The Balaban J connectivity index is 1.55. The number of para-hydroxylation sites is 1. The van der Waals surface area contributed by atoms with Gasteiger partial charge in [0.15, 0.2) is 0 Å². The molecule has 162 valence electrons. The zero-order valence-electron chi connectivity index (χ0n) is 17.7. The number of hydrogen-bond acceptors (Lipinski definition) is 6. The van der Waals surface area contributed by atoms with E-state index in [1.165, 1.54) is 4.90 Å². The Labute approximate surface area is 182 Å². The minimum Gasteiger partial charge on any atom is -0.497 e. The molecule has 7 nitrogen and oxygen atoms in total. The van der Waals surface area contributed by atoms with E-state index in [4.69, 9.17) is 9.47 Å². The molecule has 2 heterocycles. The van der Waals surface area contributed by atoms with E-state index >= 15 is 0 Å². The molecular formula is C24H27N3O4. The van der Waals surface area contributed by atoms with Crippen LogP contribution in [0, 0.1) is 0 Å². The van der Waals surface area contributed by atoms with Crippen molar-refractivity contribution >= 4 is 23.1 Å². The fourth-order valence-corrected chi connectivity index (χ4v) is 3.86. The molecule has 0 unspecified atom stereocenters. The van der Waals surface area contributed by atoms with Crippen LogP contribution in [0.5, 0.6) is 5.75 Å². The standard InChI is InChI=1S/C24H27N3O4/c1-30-20-10-8-18(9-11-20)21-22(25-19-6-3-2-4-7-19)24(29)27(23(21)28)13-5-12-26-14-16-31-17-15-26/h2-4,6-11,25H,5,12-17H2,1H3. The van der Waals surface area contributed by atoms with Gasteiger partial charge in [-0.15, -0.1) is 0 Å². The third-order valence-electron chi connectivity index (χ3n) is 5.55. The Morgan fingerprint density at radius 2 is 1.65 bits per heavy atom. The summed E-state index contributed by atoms with van der Waals surface area (Å²) in [5, 5.41) is 3.18. The summed E-state index contributed by atoms with van der Waals surface area (Å²) in [6, 6.07) is 16.6. The first-order valence-electron chi connectivity index (χ1n) is 10.5. The summed E-state index contributed by atoms with van der Waals surface area (Å²) >= 11 is 0. The van der Waals surface area contributed by atoms with Gasteiger partial charge < -0.3 is 14.8 Å². The van der Waals surface area contributed by atoms with Gasteiger partial charge in [-0.05, 0) is 36.2 Å². The average molecular weight is 421 g/mol. The number of carbonyl (C=O) groups is 2. The molecule has 2 aromatic rings. The van der Waals surface area contributed by atoms with Crippen molar-refractivity contribution < 1.29 is 19.1 Å². The normalized spacial score (nSPS) is 17.4. The third-order valence-corrected chi connectivity index (χ3v) is 5.55. The molecule has 2 amide bonds. The molecule has 1 fully saturated rings. The van der Waals surface area contributed by atoms with E-state index in [0.717, 1.165) is 45.0 Å². The second kappa shape index (κ2) is 9.76. The fraction of sp³-hybridized carbons (Fsp3) is 0.333. The van der Waals surface area contributed by atoms with Crippen molar-refractivity contribution in [3.63, 3.8) is 0 Å². The number of anilines is 1. The lowest BCUT2D eigenvalue weighted by molar-refractivity contribution is -0.136. The summed E-state index contributed by atoms with van der Waals surface area (Å²) < 4.78 is 10.6. The molecule has 31 heavy (non-hydrogen) atoms. The van der Waals surface area contributed by atoms with Gasteiger partial charge in [0.25, 0.3) is 11.8 Å². The molecule has 0 aromatic heterocycles. The van der Waals surface area contributed by atoms with E-state index in [-0.39, 0.29) is 11.8 Å². The van der Waals surface area contributed by atoms with Gasteiger partial charge in [0, 0.05) is 31.9 Å². The summed E-state index contributed by atoms with van der Waals surface area (Å²) in [4.78, 5) is 30.2. The summed E-state index contributed by atoms with van der Waals surface area (Å²) in [7, 11) is 1.59. The first-order chi connectivity index (χ1) is 15.2. The third kappa shape index (κ3) is 4.78. The van der Waals surface area contributed by atoms with Crippen LogP contribution in [0.15, 0.2) is 60.3 Å². The molecule has 0 radical (unpaired) electrons. The molecule has 1 saturated heterocycles. The Hall–Kier alpha value is -3.16. The minimum absolute atomic E-state index is 0.268. The monoisotopic (exact) mass is 421 g/mol. The molecule has 0 bridgehead atoms. The lowest BCUT2D eigenvalue weighted by Gasteiger charge is -2.27. The molecule has 2 aliphatic heterocycles. The molecule has 0 aliphatic carbocycles. The Morgan fingerprint density at radius 1 is 0.935 bits per heavy atom. The lowest BCUT2D eigenvalue weighted by Crippen LogP contribution is -2.39.